The molecule has 0 radical (unpaired) electrons. The van der Waals surface area contributed by atoms with E-state index in [1.807, 2.05) is 32.9 Å². The van der Waals surface area contributed by atoms with Crippen LogP contribution in [0.15, 0.2) is 24.3 Å². The molecule has 1 aromatic heterocycles. The van der Waals surface area contributed by atoms with E-state index in [1.165, 1.54) is 11.3 Å². The molecule has 4 heteroatoms. The van der Waals surface area contributed by atoms with Crippen LogP contribution < -0.4 is 4.74 Å². The molecule has 0 fully saturated rings. The average molecular weight is 285 g/mol. The van der Waals surface area contributed by atoms with Gasteiger partial charge in [-0.2, -0.15) is 5.26 Å². The standard InChI is InChI=1S/C16H15NO2S/c1-10-6-13(8-17)7-11(2)16(10)19-9-14(18)15-5-4-12(3)20-15/h4-7H,9H2,1-3H3. The van der Waals surface area contributed by atoms with E-state index in [2.05, 4.69) is 6.07 Å². The average Bonchev–Trinajstić information content (AvgIpc) is 2.84. The smallest absolute Gasteiger partial charge is 0.210 e. The Bertz CT molecular complexity index is 672. The van der Waals surface area contributed by atoms with Gasteiger partial charge in [0.2, 0.25) is 5.78 Å². The molecule has 0 saturated heterocycles. The molecule has 0 saturated carbocycles. The fourth-order valence-corrected chi connectivity index (χ4v) is 2.83. The molecule has 0 bridgehead atoms. The predicted molar refractivity (Wildman–Crippen MR) is 79.5 cm³/mol. The lowest BCUT2D eigenvalue weighted by molar-refractivity contribution is 0.0925. The quantitative estimate of drug-likeness (QED) is 0.803. The minimum Gasteiger partial charge on any atom is -0.485 e. The number of Topliss-reactive ketones (excluding diaryl/α,β-unsaturated/α-hetero) is 1. The Morgan fingerprint density at radius 2 is 1.90 bits per heavy atom. The minimum atomic E-state index is -0.0220. The SMILES string of the molecule is Cc1ccc(C(=O)COc2c(C)cc(C#N)cc2C)s1. The molecule has 0 spiro atoms. The third-order valence-corrected chi connectivity index (χ3v) is 3.99. The van der Waals surface area contributed by atoms with Gasteiger partial charge in [0.15, 0.2) is 6.61 Å². The first-order chi connectivity index (χ1) is 9.51. The van der Waals surface area contributed by atoms with Crippen molar-refractivity contribution in [3.05, 3.63) is 50.7 Å². The zero-order chi connectivity index (χ0) is 14.7. The van der Waals surface area contributed by atoms with E-state index in [4.69, 9.17) is 10.00 Å². The molecule has 0 aliphatic carbocycles. The number of carbonyl (C=O) groups is 1. The summed E-state index contributed by atoms with van der Waals surface area (Å²) in [6.45, 7) is 5.75. The zero-order valence-electron chi connectivity index (χ0n) is 11.7. The number of nitrogens with zero attached hydrogens (tertiary/aromatic N) is 1. The van der Waals surface area contributed by atoms with E-state index in [0.717, 1.165) is 16.0 Å². The molecule has 3 nitrogen and oxygen atoms in total. The highest BCUT2D eigenvalue weighted by molar-refractivity contribution is 7.14. The number of ketones is 1. The van der Waals surface area contributed by atoms with Crippen molar-refractivity contribution >= 4 is 17.1 Å². The number of aryl methyl sites for hydroxylation is 3. The van der Waals surface area contributed by atoms with Crippen molar-refractivity contribution in [1.82, 2.24) is 0 Å². The highest BCUT2D eigenvalue weighted by Crippen LogP contribution is 2.25. The number of benzene rings is 1. The van der Waals surface area contributed by atoms with Crippen LogP contribution in [0, 0.1) is 32.1 Å². The van der Waals surface area contributed by atoms with Crippen LogP contribution in [-0.2, 0) is 0 Å². The van der Waals surface area contributed by atoms with Crippen LogP contribution in [0.3, 0.4) is 0 Å². The van der Waals surface area contributed by atoms with Crippen molar-refractivity contribution in [3.63, 3.8) is 0 Å². The molecule has 1 heterocycles. The Kier molecular flexibility index (Phi) is 4.21. The van der Waals surface area contributed by atoms with E-state index in [0.29, 0.717) is 16.2 Å². The van der Waals surface area contributed by atoms with E-state index in [-0.39, 0.29) is 12.4 Å². The van der Waals surface area contributed by atoms with Crippen molar-refractivity contribution in [2.24, 2.45) is 0 Å². The molecular formula is C16H15NO2S. The van der Waals surface area contributed by atoms with Crippen LogP contribution in [0.4, 0.5) is 0 Å². The molecule has 2 aromatic rings. The number of thiophene rings is 1. The van der Waals surface area contributed by atoms with Gasteiger partial charge in [0.05, 0.1) is 16.5 Å². The minimum absolute atomic E-state index is 0.0214. The second-order valence-corrected chi connectivity index (χ2v) is 5.96. The molecule has 20 heavy (non-hydrogen) atoms. The summed E-state index contributed by atoms with van der Waals surface area (Å²) in [5.41, 5.74) is 2.35. The number of hydrogen-bond donors (Lipinski definition) is 0. The molecule has 0 atom stereocenters. The third kappa shape index (κ3) is 3.06. The summed E-state index contributed by atoms with van der Waals surface area (Å²) < 4.78 is 5.64. The first-order valence-corrected chi connectivity index (χ1v) is 7.06. The highest BCUT2D eigenvalue weighted by atomic mass is 32.1. The van der Waals surface area contributed by atoms with Crippen LogP contribution in [-0.4, -0.2) is 12.4 Å². The van der Waals surface area contributed by atoms with Crippen molar-refractivity contribution in [2.75, 3.05) is 6.61 Å². The van der Waals surface area contributed by atoms with Crippen molar-refractivity contribution in [1.29, 1.82) is 5.26 Å². The second kappa shape index (κ2) is 5.89. The molecule has 0 N–H and O–H groups in total. The Labute approximate surface area is 122 Å². The summed E-state index contributed by atoms with van der Waals surface area (Å²) in [6, 6.07) is 9.39. The summed E-state index contributed by atoms with van der Waals surface area (Å²) in [4.78, 5) is 13.8. The Hall–Kier alpha value is -2.12. The fraction of sp³-hybridized carbons (Fsp3) is 0.250. The highest BCUT2D eigenvalue weighted by Gasteiger charge is 2.12. The lowest BCUT2D eigenvalue weighted by atomic mass is 10.1. The van der Waals surface area contributed by atoms with Gasteiger partial charge in [0, 0.05) is 4.88 Å². The molecule has 102 valence electrons. The normalized spacial score (nSPS) is 10.1. The number of rotatable bonds is 4. The summed E-state index contributed by atoms with van der Waals surface area (Å²) in [5, 5.41) is 8.90. The molecular weight excluding hydrogens is 270 g/mol. The summed E-state index contributed by atoms with van der Waals surface area (Å²) in [5.74, 6) is 0.664. The van der Waals surface area contributed by atoms with Crippen LogP contribution in [0.1, 0.15) is 31.2 Å². The first-order valence-electron chi connectivity index (χ1n) is 6.25. The zero-order valence-corrected chi connectivity index (χ0v) is 12.5. The van der Waals surface area contributed by atoms with Crippen LogP contribution in [0.2, 0.25) is 0 Å². The van der Waals surface area contributed by atoms with Crippen LogP contribution in [0.5, 0.6) is 5.75 Å². The lowest BCUT2D eigenvalue weighted by Crippen LogP contribution is -2.11. The summed E-state index contributed by atoms with van der Waals surface area (Å²) in [7, 11) is 0. The number of carbonyl (C=O) groups excluding carboxylic acids is 1. The predicted octanol–water partition coefficient (Wildman–Crippen LogP) is 3.81. The van der Waals surface area contributed by atoms with E-state index >= 15 is 0 Å². The van der Waals surface area contributed by atoms with Gasteiger partial charge in [0.25, 0.3) is 0 Å². The lowest BCUT2D eigenvalue weighted by Gasteiger charge is -2.11. The molecule has 0 amide bonds. The maximum Gasteiger partial charge on any atom is 0.210 e. The van der Waals surface area contributed by atoms with Gasteiger partial charge in [-0.1, -0.05) is 0 Å². The Morgan fingerprint density at radius 3 is 2.40 bits per heavy atom. The Balaban J connectivity index is 2.12. The number of hydrogen-bond acceptors (Lipinski definition) is 4. The topological polar surface area (TPSA) is 50.1 Å². The van der Waals surface area contributed by atoms with Gasteiger partial charge in [-0.3, -0.25) is 4.79 Å². The maximum atomic E-state index is 12.0. The second-order valence-electron chi connectivity index (χ2n) is 4.67. The van der Waals surface area contributed by atoms with E-state index in [9.17, 15) is 4.79 Å². The van der Waals surface area contributed by atoms with Crippen molar-refractivity contribution in [2.45, 2.75) is 20.8 Å². The monoisotopic (exact) mass is 285 g/mol. The van der Waals surface area contributed by atoms with Gasteiger partial charge < -0.3 is 4.74 Å². The van der Waals surface area contributed by atoms with Crippen LogP contribution in [0.25, 0.3) is 0 Å². The van der Waals surface area contributed by atoms with Gasteiger partial charge in [-0.05, 0) is 56.2 Å². The summed E-state index contributed by atoms with van der Waals surface area (Å²) >= 11 is 1.47. The number of ether oxygens (including phenoxy) is 1. The van der Waals surface area contributed by atoms with E-state index < -0.39 is 0 Å². The molecule has 0 unspecified atom stereocenters. The largest absolute Gasteiger partial charge is 0.485 e. The Morgan fingerprint density at radius 1 is 1.25 bits per heavy atom. The van der Waals surface area contributed by atoms with Crippen molar-refractivity contribution < 1.29 is 9.53 Å². The third-order valence-electron chi connectivity index (χ3n) is 2.95. The summed E-state index contributed by atoms with van der Waals surface area (Å²) in [6.07, 6.45) is 0. The van der Waals surface area contributed by atoms with E-state index in [1.54, 1.807) is 12.1 Å². The van der Waals surface area contributed by atoms with Crippen molar-refractivity contribution in [3.8, 4) is 11.8 Å². The van der Waals surface area contributed by atoms with Gasteiger partial charge in [-0.25, -0.2) is 0 Å². The molecule has 2 rings (SSSR count). The number of nitriles is 1. The fourth-order valence-electron chi connectivity index (χ4n) is 2.04. The van der Waals surface area contributed by atoms with Gasteiger partial charge in [-0.15, -0.1) is 11.3 Å². The molecule has 0 aliphatic heterocycles. The molecule has 0 aliphatic rings. The van der Waals surface area contributed by atoms with Gasteiger partial charge in [0.1, 0.15) is 5.75 Å². The van der Waals surface area contributed by atoms with Gasteiger partial charge >= 0.3 is 0 Å². The molecule has 1 aromatic carbocycles. The van der Waals surface area contributed by atoms with Crippen LogP contribution >= 0.6 is 11.3 Å². The maximum absolute atomic E-state index is 12.0. The first kappa shape index (κ1) is 14.3.